The number of ether oxygens (including phenoxy) is 3. The van der Waals surface area contributed by atoms with Crippen molar-refractivity contribution in [3.05, 3.63) is 54.0 Å². The standard InChI is InChI=1S/C24H27FN2O3/c25-17-4-5-21-19(14-17)20(15-27-21)18(16-6-9-26-10-7-16)8-11-28-22-2-1-3-23-24(22)30-13-12-29-23/h1-5,14-16,18,26-27H,6-13H2. The lowest BCUT2D eigenvalue weighted by Gasteiger charge is -2.31. The fourth-order valence-electron chi connectivity index (χ4n) is 4.77. The lowest BCUT2D eigenvalue weighted by molar-refractivity contribution is 0.160. The smallest absolute Gasteiger partial charge is 0.203 e. The van der Waals surface area contributed by atoms with Crippen LogP contribution < -0.4 is 19.5 Å². The molecule has 0 bridgehead atoms. The fraction of sp³-hybridized carbons (Fsp3) is 0.417. The van der Waals surface area contributed by atoms with Crippen LogP contribution in [0.3, 0.4) is 0 Å². The molecule has 0 radical (unpaired) electrons. The zero-order valence-electron chi connectivity index (χ0n) is 17.0. The number of benzene rings is 2. The van der Waals surface area contributed by atoms with Crippen molar-refractivity contribution >= 4 is 10.9 Å². The average Bonchev–Trinajstić information content (AvgIpc) is 3.20. The quantitative estimate of drug-likeness (QED) is 0.622. The number of nitrogens with one attached hydrogen (secondary N) is 2. The molecule has 0 aliphatic carbocycles. The Kier molecular flexibility index (Phi) is 5.49. The average molecular weight is 410 g/mol. The van der Waals surface area contributed by atoms with E-state index in [1.165, 1.54) is 11.6 Å². The molecule has 5 nitrogen and oxygen atoms in total. The molecule has 2 aliphatic heterocycles. The van der Waals surface area contributed by atoms with Gasteiger partial charge in [0.15, 0.2) is 11.5 Å². The number of para-hydroxylation sites is 1. The lowest BCUT2D eigenvalue weighted by atomic mass is 9.78. The van der Waals surface area contributed by atoms with E-state index < -0.39 is 0 Å². The molecule has 3 aromatic rings. The third-order valence-corrected chi connectivity index (χ3v) is 6.24. The minimum absolute atomic E-state index is 0.197. The maximum Gasteiger partial charge on any atom is 0.203 e. The maximum atomic E-state index is 14.0. The van der Waals surface area contributed by atoms with Crippen LogP contribution in [0.5, 0.6) is 17.2 Å². The van der Waals surface area contributed by atoms with Crippen LogP contribution >= 0.6 is 0 Å². The second-order valence-corrected chi connectivity index (χ2v) is 8.05. The Morgan fingerprint density at radius 2 is 1.97 bits per heavy atom. The Bertz CT molecular complexity index is 1010. The molecule has 3 heterocycles. The fourth-order valence-corrected chi connectivity index (χ4v) is 4.77. The Balaban J connectivity index is 1.37. The topological polar surface area (TPSA) is 55.5 Å². The summed E-state index contributed by atoms with van der Waals surface area (Å²) in [5.41, 5.74) is 2.17. The molecule has 2 aliphatic rings. The van der Waals surface area contributed by atoms with Gasteiger partial charge in [-0.2, -0.15) is 0 Å². The summed E-state index contributed by atoms with van der Waals surface area (Å²) < 4.78 is 31.5. The molecule has 158 valence electrons. The van der Waals surface area contributed by atoms with Crippen LogP contribution in [0.1, 0.15) is 30.7 Å². The minimum atomic E-state index is -0.197. The third-order valence-electron chi connectivity index (χ3n) is 6.24. The van der Waals surface area contributed by atoms with Crippen LogP contribution in [0.15, 0.2) is 42.6 Å². The highest BCUT2D eigenvalue weighted by Gasteiger charge is 2.27. The van der Waals surface area contributed by atoms with Gasteiger partial charge in [-0.1, -0.05) is 6.07 Å². The van der Waals surface area contributed by atoms with Gasteiger partial charge >= 0.3 is 0 Å². The summed E-state index contributed by atoms with van der Waals surface area (Å²) in [6.45, 7) is 3.71. The monoisotopic (exact) mass is 410 g/mol. The van der Waals surface area contributed by atoms with E-state index in [0.29, 0.717) is 37.4 Å². The molecule has 1 unspecified atom stereocenters. The van der Waals surface area contributed by atoms with Gasteiger partial charge in [-0.05, 0) is 80.1 Å². The SMILES string of the molecule is Fc1ccc2[nH]cc(C(CCOc3cccc4c3OCCO4)C3CCNCC3)c2c1. The van der Waals surface area contributed by atoms with E-state index in [-0.39, 0.29) is 5.82 Å². The van der Waals surface area contributed by atoms with Crippen molar-refractivity contribution in [3.8, 4) is 17.2 Å². The van der Waals surface area contributed by atoms with Crippen LogP contribution in [0.4, 0.5) is 4.39 Å². The summed E-state index contributed by atoms with van der Waals surface area (Å²) in [5, 5.41) is 4.43. The minimum Gasteiger partial charge on any atom is -0.490 e. The van der Waals surface area contributed by atoms with Crippen LogP contribution in [0, 0.1) is 11.7 Å². The number of piperidine rings is 1. The number of hydrogen-bond donors (Lipinski definition) is 2. The number of aromatic amines is 1. The van der Waals surface area contributed by atoms with Gasteiger partial charge in [-0.15, -0.1) is 0 Å². The van der Waals surface area contributed by atoms with Gasteiger partial charge in [0.2, 0.25) is 5.75 Å². The molecule has 5 rings (SSSR count). The number of halogens is 1. The third kappa shape index (κ3) is 3.84. The van der Waals surface area contributed by atoms with E-state index in [1.54, 1.807) is 6.07 Å². The zero-order chi connectivity index (χ0) is 20.3. The van der Waals surface area contributed by atoms with Gasteiger partial charge in [0, 0.05) is 17.1 Å². The Morgan fingerprint density at radius 3 is 2.87 bits per heavy atom. The second kappa shape index (κ2) is 8.56. The molecule has 0 spiro atoms. The van der Waals surface area contributed by atoms with Gasteiger partial charge in [0.05, 0.1) is 6.61 Å². The molecule has 1 saturated heterocycles. The molecule has 2 aromatic carbocycles. The van der Waals surface area contributed by atoms with E-state index in [0.717, 1.165) is 54.8 Å². The first kappa shape index (κ1) is 19.2. The maximum absolute atomic E-state index is 14.0. The van der Waals surface area contributed by atoms with E-state index in [9.17, 15) is 4.39 Å². The molecular formula is C24H27FN2O3. The van der Waals surface area contributed by atoms with Crippen molar-refractivity contribution in [1.82, 2.24) is 10.3 Å². The number of rotatable bonds is 6. The van der Waals surface area contributed by atoms with Gasteiger partial charge in [0.1, 0.15) is 19.0 Å². The largest absolute Gasteiger partial charge is 0.490 e. The molecule has 0 amide bonds. The molecule has 2 N–H and O–H groups in total. The highest BCUT2D eigenvalue weighted by molar-refractivity contribution is 5.83. The Hall–Kier alpha value is -2.73. The molecule has 1 atom stereocenters. The molecule has 1 fully saturated rings. The summed E-state index contributed by atoms with van der Waals surface area (Å²) in [6, 6.07) is 10.7. The van der Waals surface area contributed by atoms with Crippen molar-refractivity contribution < 1.29 is 18.6 Å². The summed E-state index contributed by atoms with van der Waals surface area (Å²) in [7, 11) is 0. The Morgan fingerprint density at radius 1 is 1.10 bits per heavy atom. The van der Waals surface area contributed by atoms with Gasteiger partial charge in [-0.3, -0.25) is 0 Å². The summed E-state index contributed by atoms with van der Waals surface area (Å²) in [6.07, 6.45) is 5.14. The number of aromatic nitrogens is 1. The molecule has 30 heavy (non-hydrogen) atoms. The first-order valence-corrected chi connectivity index (χ1v) is 10.8. The van der Waals surface area contributed by atoms with E-state index in [4.69, 9.17) is 14.2 Å². The first-order valence-electron chi connectivity index (χ1n) is 10.8. The predicted octanol–water partition coefficient (Wildman–Crippen LogP) is 4.63. The number of fused-ring (bicyclic) bond motifs is 2. The zero-order valence-corrected chi connectivity index (χ0v) is 17.0. The molecule has 1 aromatic heterocycles. The van der Waals surface area contributed by atoms with E-state index in [1.807, 2.05) is 24.3 Å². The lowest BCUT2D eigenvalue weighted by Crippen LogP contribution is -2.31. The first-order chi connectivity index (χ1) is 14.8. The van der Waals surface area contributed by atoms with Crippen molar-refractivity contribution in [2.45, 2.75) is 25.2 Å². The summed E-state index contributed by atoms with van der Waals surface area (Å²) in [5.74, 6) is 2.80. The van der Waals surface area contributed by atoms with Crippen molar-refractivity contribution in [1.29, 1.82) is 0 Å². The van der Waals surface area contributed by atoms with Crippen LogP contribution in [0.2, 0.25) is 0 Å². The number of hydrogen-bond acceptors (Lipinski definition) is 4. The van der Waals surface area contributed by atoms with Crippen LogP contribution in [-0.2, 0) is 0 Å². The molecule has 6 heteroatoms. The highest BCUT2D eigenvalue weighted by Crippen LogP contribution is 2.41. The second-order valence-electron chi connectivity index (χ2n) is 8.05. The van der Waals surface area contributed by atoms with E-state index in [2.05, 4.69) is 16.5 Å². The van der Waals surface area contributed by atoms with Gasteiger partial charge in [0.25, 0.3) is 0 Å². The Labute approximate surface area is 175 Å². The van der Waals surface area contributed by atoms with E-state index >= 15 is 0 Å². The molecular weight excluding hydrogens is 383 g/mol. The normalized spacial score (nSPS) is 17.8. The van der Waals surface area contributed by atoms with Crippen LogP contribution in [0.25, 0.3) is 10.9 Å². The summed E-state index contributed by atoms with van der Waals surface area (Å²) >= 11 is 0. The van der Waals surface area contributed by atoms with Crippen molar-refractivity contribution in [2.24, 2.45) is 5.92 Å². The molecule has 0 saturated carbocycles. The summed E-state index contributed by atoms with van der Waals surface area (Å²) in [4.78, 5) is 3.32. The van der Waals surface area contributed by atoms with Crippen molar-refractivity contribution in [2.75, 3.05) is 32.9 Å². The van der Waals surface area contributed by atoms with Gasteiger partial charge in [-0.25, -0.2) is 4.39 Å². The number of H-pyrrole nitrogens is 1. The van der Waals surface area contributed by atoms with Crippen LogP contribution in [-0.4, -0.2) is 37.9 Å². The van der Waals surface area contributed by atoms with Crippen molar-refractivity contribution in [3.63, 3.8) is 0 Å². The predicted molar refractivity (Wildman–Crippen MR) is 114 cm³/mol. The highest BCUT2D eigenvalue weighted by atomic mass is 19.1. The van der Waals surface area contributed by atoms with Gasteiger partial charge < -0.3 is 24.5 Å².